The molecule has 2 aromatic carbocycles. The van der Waals surface area contributed by atoms with E-state index < -0.39 is 22.5 Å². The molecule has 0 saturated heterocycles. The Morgan fingerprint density at radius 2 is 1.69 bits per heavy atom. The summed E-state index contributed by atoms with van der Waals surface area (Å²) in [6.45, 7) is 3.49. The van der Waals surface area contributed by atoms with Crippen molar-refractivity contribution in [1.29, 1.82) is 0 Å². The van der Waals surface area contributed by atoms with Crippen LogP contribution in [0.4, 0.5) is 5.69 Å². The van der Waals surface area contributed by atoms with E-state index in [2.05, 4.69) is 0 Å². The number of carbonyl (C=O) groups is 1. The maximum absolute atomic E-state index is 13.2. The van der Waals surface area contributed by atoms with Gasteiger partial charge < -0.3 is 9.47 Å². The lowest BCUT2D eigenvalue weighted by Crippen LogP contribution is -2.37. The maximum atomic E-state index is 13.2. The lowest BCUT2D eigenvalue weighted by Gasteiger charge is -2.25. The highest BCUT2D eigenvalue weighted by Crippen LogP contribution is 2.32. The first-order valence-corrected chi connectivity index (χ1v) is 9.87. The number of benzene rings is 2. The number of hydrogen-bond acceptors (Lipinski definition) is 5. The van der Waals surface area contributed by atoms with Crippen LogP contribution in [-0.4, -0.2) is 34.1 Å². The first-order chi connectivity index (χ1) is 12.4. The molecule has 0 heterocycles. The van der Waals surface area contributed by atoms with E-state index in [-0.39, 0.29) is 17.2 Å². The number of carbonyl (C=O) groups excluding carboxylic acids is 1. The lowest BCUT2D eigenvalue weighted by atomic mass is 10.3. The average molecular weight is 398 g/mol. The normalized spacial score (nSPS) is 11.0. The van der Waals surface area contributed by atoms with Gasteiger partial charge in [-0.25, -0.2) is 8.42 Å². The van der Waals surface area contributed by atoms with Crippen molar-refractivity contribution in [3.8, 4) is 5.75 Å². The van der Waals surface area contributed by atoms with Gasteiger partial charge in [0.05, 0.1) is 23.8 Å². The largest absolute Gasteiger partial charge is 0.492 e. The molecule has 0 aliphatic carbocycles. The molecule has 0 aliphatic heterocycles. The molecule has 8 heteroatoms. The van der Waals surface area contributed by atoms with Crippen molar-refractivity contribution in [2.75, 3.05) is 24.1 Å². The van der Waals surface area contributed by atoms with Crippen LogP contribution in [0.25, 0.3) is 0 Å². The van der Waals surface area contributed by atoms with Crippen molar-refractivity contribution in [2.24, 2.45) is 0 Å². The zero-order valence-corrected chi connectivity index (χ0v) is 16.1. The Balaban J connectivity index is 2.54. The predicted octanol–water partition coefficient (Wildman–Crippen LogP) is 3.50. The molecule has 0 amide bonds. The van der Waals surface area contributed by atoms with Gasteiger partial charge in [0.2, 0.25) is 0 Å². The molecule has 0 spiro atoms. The van der Waals surface area contributed by atoms with E-state index in [1.165, 1.54) is 24.3 Å². The summed E-state index contributed by atoms with van der Waals surface area (Å²) in [5.74, 6) is -0.298. The number of nitrogens with zero attached hydrogens (tertiary/aromatic N) is 1. The van der Waals surface area contributed by atoms with Gasteiger partial charge in [-0.15, -0.1) is 0 Å². The number of rotatable bonds is 8. The lowest BCUT2D eigenvalue weighted by molar-refractivity contribution is -0.141. The van der Waals surface area contributed by atoms with Gasteiger partial charge >= 0.3 is 5.97 Å². The summed E-state index contributed by atoms with van der Waals surface area (Å²) in [6.07, 6.45) is 0. The monoisotopic (exact) mass is 397 g/mol. The summed E-state index contributed by atoms with van der Waals surface area (Å²) in [4.78, 5) is 12.0. The third-order valence-corrected chi connectivity index (χ3v) is 5.44. The molecule has 2 rings (SSSR count). The second-order valence-electron chi connectivity index (χ2n) is 5.17. The number of ether oxygens (including phenoxy) is 2. The summed E-state index contributed by atoms with van der Waals surface area (Å²) < 4.78 is 37.8. The molecule has 140 valence electrons. The molecule has 2 aromatic rings. The summed E-state index contributed by atoms with van der Waals surface area (Å²) in [6, 6.07) is 12.4. The van der Waals surface area contributed by atoms with Gasteiger partial charge in [-0.1, -0.05) is 23.7 Å². The van der Waals surface area contributed by atoms with E-state index in [0.717, 1.165) is 4.31 Å². The minimum atomic E-state index is -4.03. The van der Waals surface area contributed by atoms with E-state index in [4.69, 9.17) is 21.1 Å². The highest BCUT2D eigenvalue weighted by atomic mass is 35.5. The smallest absolute Gasteiger partial charge is 0.326 e. The van der Waals surface area contributed by atoms with Crippen LogP contribution in [0.3, 0.4) is 0 Å². The first-order valence-electron chi connectivity index (χ1n) is 8.06. The van der Waals surface area contributed by atoms with Crippen LogP contribution in [0.2, 0.25) is 5.02 Å². The number of anilines is 1. The van der Waals surface area contributed by atoms with Gasteiger partial charge in [0, 0.05) is 5.02 Å². The standard InChI is InChI=1S/C18H20ClNO5S/c1-3-24-17-8-6-5-7-16(17)20(13-18(21)25-4-2)26(22,23)15-11-9-14(19)10-12-15/h5-12H,3-4,13H2,1-2H3. The Bertz CT molecular complexity index is 852. The van der Waals surface area contributed by atoms with Gasteiger partial charge in [-0.2, -0.15) is 0 Å². The number of hydrogen-bond donors (Lipinski definition) is 0. The fraction of sp³-hybridized carbons (Fsp3) is 0.278. The predicted molar refractivity (Wildman–Crippen MR) is 100 cm³/mol. The molecule has 6 nitrogen and oxygen atoms in total. The van der Waals surface area contributed by atoms with E-state index in [9.17, 15) is 13.2 Å². The molecular weight excluding hydrogens is 378 g/mol. The Kier molecular flexibility index (Phi) is 6.88. The molecule has 0 atom stereocenters. The van der Waals surface area contributed by atoms with Crippen molar-refractivity contribution >= 4 is 33.3 Å². The van der Waals surface area contributed by atoms with Gasteiger partial charge in [0.15, 0.2) is 0 Å². The SMILES string of the molecule is CCOC(=O)CN(c1ccccc1OCC)S(=O)(=O)c1ccc(Cl)cc1. The van der Waals surface area contributed by atoms with Crippen molar-refractivity contribution < 1.29 is 22.7 Å². The van der Waals surface area contributed by atoms with Crippen LogP contribution in [-0.2, 0) is 19.6 Å². The zero-order chi connectivity index (χ0) is 19.2. The molecule has 0 radical (unpaired) electrons. The van der Waals surface area contributed by atoms with E-state index >= 15 is 0 Å². The Labute approximate surface area is 158 Å². The van der Waals surface area contributed by atoms with Crippen molar-refractivity contribution in [3.63, 3.8) is 0 Å². The third kappa shape index (κ3) is 4.68. The Hall–Kier alpha value is -2.25. The van der Waals surface area contributed by atoms with Crippen LogP contribution in [0.5, 0.6) is 5.75 Å². The average Bonchev–Trinajstić information content (AvgIpc) is 2.61. The molecule has 26 heavy (non-hydrogen) atoms. The number of sulfonamides is 1. The molecule has 0 N–H and O–H groups in total. The van der Waals surface area contributed by atoms with Crippen molar-refractivity contribution in [2.45, 2.75) is 18.7 Å². The third-order valence-electron chi connectivity index (χ3n) is 3.41. The summed E-state index contributed by atoms with van der Waals surface area (Å²) in [5, 5.41) is 0.413. The van der Waals surface area contributed by atoms with Gasteiger partial charge in [0.1, 0.15) is 12.3 Å². The molecule has 0 fully saturated rings. The summed E-state index contributed by atoms with van der Waals surface area (Å²) in [5.41, 5.74) is 0.261. The van der Waals surface area contributed by atoms with Crippen LogP contribution >= 0.6 is 11.6 Å². The van der Waals surface area contributed by atoms with Gasteiger partial charge in [-0.3, -0.25) is 9.10 Å². The minimum Gasteiger partial charge on any atom is -0.492 e. The summed E-state index contributed by atoms with van der Waals surface area (Å²) >= 11 is 5.85. The molecule has 0 aromatic heterocycles. The van der Waals surface area contributed by atoms with Gasteiger partial charge in [-0.05, 0) is 50.2 Å². The molecule has 0 aliphatic rings. The van der Waals surface area contributed by atoms with E-state index in [0.29, 0.717) is 17.4 Å². The maximum Gasteiger partial charge on any atom is 0.326 e. The van der Waals surface area contributed by atoms with E-state index in [1.807, 2.05) is 0 Å². The number of esters is 1. The zero-order valence-electron chi connectivity index (χ0n) is 14.5. The van der Waals surface area contributed by atoms with Gasteiger partial charge in [0.25, 0.3) is 10.0 Å². The second-order valence-corrected chi connectivity index (χ2v) is 7.47. The molecule has 0 saturated carbocycles. The fourth-order valence-corrected chi connectivity index (χ4v) is 3.84. The highest BCUT2D eigenvalue weighted by molar-refractivity contribution is 7.92. The topological polar surface area (TPSA) is 72.9 Å². The highest BCUT2D eigenvalue weighted by Gasteiger charge is 2.29. The number of para-hydroxylation sites is 2. The number of halogens is 1. The molecule has 0 unspecified atom stereocenters. The molecular formula is C18H20ClNO5S. The fourth-order valence-electron chi connectivity index (χ4n) is 2.30. The summed E-state index contributed by atoms with van der Waals surface area (Å²) in [7, 11) is -4.03. The van der Waals surface area contributed by atoms with E-state index in [1.54, 1.807) is 38.1 Å². The van der Waals surface area contributed by atoms with Crippen molar-refractivity contribution in [1.82, 2.24) is 0 Å². The molecule has 0 bridgehead atoms. The van der Waals surface area contributed by atoms with Crippen LogP contribution in [0.1, 0.15) is 13.8 Å². The van der Waals surface area contributed by atoms with Crippen LogP contribution < -0.4 is 9.04 Å². The quantitative estimate of drug-likeness (QED) is 0.637. The van der Waals surface area contributed by atoms with Crippen LogP contribution in [0.15, 0.2) is 53.4 Å². The van der Waals surface area contributed by atoms with Crippen LogP contribution in [0, 0.1) is 0 Å². The Morgan fingerprint density at radius 1 is 1.04 bits per heavy atom. The van der Waals surface area contributed by atoms with Crippen molar-refractivity contribution in [3.05, 3.63) is 53.6 Å². The second kappa shape index (κ2) is 8.91. The first kappa shape index (κ1) is 20.1. The minimum absolute atomic E-state index is 0.0116. The Morgan fingerprint density at radius 3 is 2.31 bits per heavy atom.